The third-order valence-electron chi connectivity index (χ3n) is 4.13. The fourth-order valence-corrected chi connectivity index (χ4v) is 2.91. The second kappa shape index (κ2) is 9.45. The van der Waals surface area contributed by atoms with Crippen LogP contribution in [0.25, 0.3) is 0 Å². The first-order valence-corrected chi connectivity index (χ1v) is 8.49. The average molecular weight is 314 g/mol. The summed E-state index contributed by atoms with van der Waals surface area (Å²) in [4.78, 5) is 14.1. The number of carbonyl (C=O) groups excluding carboxylic acids is 1. The molecule has 2 heterocycles. The number of carbonyl (C=O) groups is 1. The van der Waals surface area contributed by atoms with E-state index in [-0.39, 0.29) is 18.3 Å². The molecule has 1 amide bonds. The highest BCUT2D eigenvalue weighted by molar-refractivity contribution is 5.77. The molecule has 0 saturated carbocycles. The van der Waals surface area contributed by atoms with Gasteiger partial charge in [0.25, 0.3) is 0 Å². The van der Waals surface area contributed by atoms with Crippen molar-refractivity contribution in [3.8, 4) is 0 Å². The van der Waals surface area contributed by atoms with Crippen molar-refractivity contribution >= 4 is 5.91 Å². The van der Waals surface area contributed by atoms with Gasteiger partial charge in [0.05, 0.1) is 25.9 Å². The van der Waals surface area contributed by atoms with Crippen LogP contribution in [0.5, 0.6) is 0 Å². The molecule has 0 atom stereocenters. The van der Waals surface area contributed by atoms with Gasteiger partial charge in [-0.2, -0.15) is 0 Å². The molecule has 6 nitrogen and oxygen atoms in total. The predicted octanol–water partition coefficient (Wildman–Crippen LogP) is 1.00. The Hall–Kier alpha value is -0.690. The van der Waals surface area contributed by atoms with Crippen molar-refractivity contribution < 1.29 is 19.0 Å². The normalized spacial score (nSPS) is 21.6. The molecule has 0 unspecified atom stereocenters. The molecule has 0 bridgehead atoms. The molecule has 0 aromatic carbocycles. The molecular formula is C16H30N2O4. The quantitative estimate of drug-likeness (QED) is 0.677. The summed E-state index contributed by atoms with van der Waals surface area (Å²) in [6.07, 6.45) is 3.18. The Kier molecular flexibility index (Phi) is 7.59. The maximum absolute atomic E-state index is 11.9. The van der Waals surface area contributed by atoms with Gasteiger partial charge in [-0.1, -0.05) is 0 Å². The van der Waals surface area contributed by atoms with Gasteiger partial charge < -0.3 is 19.5 Å². The number of hydrogen-bond donors (Lipinski definition) is 1. The number of likely N-dealkylation sites (tertiary alicyclic amines) is 1. The van der Waals surface area contributed by atoms with Gasteiger partial charge >= 0.3 is 0 Å². The number of ether oxygens (including phenoxy) is 3. The summed E-state index contributed by atoms with van der Waals surface area (Å²) in [6, 6.07) is 0. The van der Waals surface area contributed by atoms with Crippen molar-refractivity contribution in [1.29, 1.82) is 0 Å². The Morgan fingerprint density at radius 3 is 2.59 bits per heavy atom. The van der Waals surface area contributed by atoms with E-state index in [1.165, 1.54) is 0 Å². The average Bonchev–Trinajstić information content (AvgIpc) is 3.01. The van der Waals surface area contributed by atoms with Crippen molar-refractivity contribution in [2.75, 3.05) is 46.0 Å². The number of piperidine rings is 1. The SMILES string of the molecule is CC(C)OCCCNC(=O)CN1CCC(C2OCCO2)CC1. The number of hydrogen-bond acceptors (Lipinski definition) is 5. The molecule has 2 saturated heterocycles. The van der Waals surface area contributed by atoms with Gasteiger partial charge in [-0.05, 0) is 46.2 Å². The third-order valence-corrected chi connectivity index (χ3v) is 4.13. The van der Waals surface area contributed by atoms with Crippen LogP contribution in [0.1, 0.15) is 33.1 Å². The second-order valence-corrected chi connectivity index (χ2v) is 6.35. The van der Waals surface area contributed by atoms with Crippen LogP contribution in [0, 0.1) is 5.92 Å². The van der Waals surface area contributed by atoms with Crippen molar-refractivity contribution in [2.24, 2.45) is 5.92 Å². The molecular weight excluding hydrogens is 284 g/mol. The smallest absolute Gasteiger partial charge is 0.234 e. The van der Waals surface area contributed by atoms with Gasteiger partial charge in [0, 0.05) is 19.1 Å². The Morgan fingerprint density at radius 2 is 1.95 bits per heavy atom. The summed E-state index contributed by atoms with van der Waals surface area (Å²) >= 11 is 0. The highest BCUT2D eigenvalue weighted by atomic mass is 16.7. The minimum Gasteiger partial charge on any atom is -0.379 e. The minimum absolute atomic E-state index is 0.0167. The second-order valence-electron chi connectivity index (χ2n) is 6.35. The van der Waals surface area contributed by atoms with Gasteiger partial charge in [0.2, 0.25) is 5.91 Å². The molecule has 0 aromatic heterocycles. The zero-order chi connectivity index (χ0) is 15.8. The Balaban J connectivity index is 1.52. The molecule has 0 radical (unpaired) electrons. The zero-order valence-electron chi connectivity index (χ0n) is 13.9. The zero-order valence-corrected chi connectivity index (χ0v) is 13.9. The topological polar surface area (TPSA) is 60.0 Å². The molecule has 6 heteroatoms. The molecule has 2 aliphatic heterocycles. The summed E-state index contributed by atoms with van der Waals surface area (Å²) in [5, 5.41) is 2.96. The first kappa shape index (κ1) is 17.7. The Labute approximate surface area is 133 Å². The molecule has 2 fully saturated rings. The van der Waals surface area contributed by atoms with Crippen LogP contribution in [0.3, 0.4) is 0 Å². The van der Waals surface area contributed by atoms with Gasteiger partial charge in [-0.25, -0.2) is 0 Å². The number of nitrogens with one attached hydrogen (secondary N) is 1. The number of rotatable bonds is 8. The predicted molar refractivity (Wildman–Crippen MR) is 83.6 cm³/mol. The molecule has 1 N–H and O–H groups in total. The fourth-order valence-electron chi connectivity index (χ4n) is 2.91. The summed E-state index contributed by atoms with van der Waals surface area (Å²) in [5.41, 5.74) is 0. The van der Waals surface area contributed by atoms with E-state index < -0.39 is 0 Å². The molecule has 22 heavy (non-hydrogen) atoms. The standard InChI is InChI=1S/C16H30N2O4/c1-13(2)20-9-3-6-17-15(19)12-18-7-4-14(5-8-18)16-21-10-11-22-16/h13-14,16H,3-12H2,1-2H3,(H,17,19). The van der Waals surface area contributed by atoms with Crippen LogP contribution in [0.4, 0.5) is 0 Å². The van der Waals surface area contributed by atoms with Crippen LogP contribution in [0.2, 0.25) is 0 Å². The highest BCUT2D eigenvalue weighted by Gasteiger charge is 2.30. The lowest BCUT2D eigenvalue weighted by Crippen LogP contribution is -2.43. The van der Waals surface area contributed by atoms with Crippen LogP contribution in [-0.4, -0.2) is 69.2 Å². The lowest BCUT2D eigenvalue weighted by molar-refractivity contribution is -0.124. The van der Waals surface area contributed by atoms with Gasteiger partial charge in [0.15, 0.2) is 6.29 Å². The largest absolute Gasteiger partial charge is 0.379 e. The lowest BCUT2D eigenvalue weighted by atomic mass is 9.96. The van der Waals surface area contributed by atoms with E-state index in [0.29, 0.717) is 38.8 Å². The van der Waals surface area contributed by atoms with E-state index in [1.807, 2.05) is 13.8 Å². The minimum atomic E-state index is -0.0167. The summed E-state index contributed by atoms with van der Waals surface area (Å²) < 4.78 is 16.6. The number of nitrogens with zero attached hydrogens (tertiary/aromatic N) is 1. The molecule has 0 spiro atoms. The highest BCUT2D eigenvalue weighted by Crippen LogP contribution is 2.25. The van der Waals surface area contributed by atoms with E-state index >= 15 is 0 Å². The maximum Gasteiger partial charge on any atom is 0.234 e. The van der Waals surface area contributed by atoms with E-state index in [2.05, 4.69) is 10.2 Å². The van der Waals surface area contributed by atoms with Gasteiger partial charge in [-0.3, -0.25) is 9.69 Å². The summed E-state index contributed by atoms with van der Waals surface area (Å²) in [6.45, 7) is 9.23. The van der Waals surface area contributed by atoms with E-state index in [9.17, 15) is 4.79 Å². The van der Waals surface area contributed by atoms with Crippen molar-refractivity contribution in [3.63, 3.8) is 0 Å². The van der Waals surface area contributed by atoms with Crippen molar-refractivity contribution in [2.45, 2.75) is 45.5 Å². The molecule has 0 aromatic rings. The van der Waals surface area contributed by atoms with Gasteiger partial charge in [0.1, 0.15) is 0 Å². The van der Waals surface area contributed by atoms with E-state index in [1.54, 1.807) is 0 Å². The van der Waals surface area contributed by atoms with Crippen LogP contribution in [-0.2, 0) is 19.0 Å². The van der Waals surface area contributed by atoms with Crippen LogP contribution in [0.15, 0.2) is 0 Å². The monoisotopic (exact) mass is 314 g/mol. The van der Waals surface area contributed by atoms with E-state index in [0.717, 1.165) is 32.4 Å². The summed E-state index contributed by atoms with van der Waals surface area (Å²) in [5.74, 6) is 0.589. The van der Waals surface area contributed by atoms with Crippen LogP contribution >= 0.6 is 0 Å². The van der Waals surface area contributed by atoms with Crippen LogP contribution < -0.4 is 5.32 Å². The molecule has 128 valence electrons. The maximum atomic E-state index is 11.9. The first-order chi connectivity index (χ1) is 10.6. The number of amides is 1. The molecule has 0 aliphatic carbocycles. The van der Waals surface area contributed by atoms with Crippen molar-refractivity contribution in [1.82, 2.24) is 10.2 Å². The van der Waals surface area contributed by atoms with Crippen molar-refractivity contribution in [3.05, 3.63) is 0 Å². The van der Waals surface area contributed by atoms with E-state index in [4.69, 9.17) is 14.2 Å². The fraction of sp³-hybridized carbons (Fsp3) is 0.938. The third kappa shape index (κ3) is 6.20. The molecule has 2 rings (SSSR count). The lowest BCUT2D eigenvalue weighted by Gasteiger charge is -2.33. The summed E-state index contributed by atoms with van der Waals surface area (Å²) in [7, 11) is 0. The molecule has 2 aliphatic rings. The Morgan fingerprint density at radius 1 is 1.27 bits per heavy atom. The van der Waals surface area contributed by atoms with Gasteiger partial charge in [-0.15, -0.1) is 0 Å². The first-order valence-electron chi connectivity index (χ1n) is 8.49. The Bertz CT molecular complexity index is 324.